The number of alkyl halides is 2. The summed E-state index contributed by atoms with van der Waals surface area (Å²) in [4.78, 5) is 22.7. The van der Waals surface area contributed by atoms with E-state index < -0.39 is 6.43 Å². The molecule has 1 saturated carbocycles. The van der Waals surface area contributed by atoms with Gasteiger partial charge in [0.15, 0.2) is 5.82 Å². The molecule has 0 bridgehead atoms. The molecule has 36 heavy (non-hydrogen) atoms. The fourth-order valence-corrected chi connectivity index (χ4v) is 5.80. The molecule has 1 amide bonds. The molecule has 4 heterocycles. The molecular weight excluding hydrogens is 491 g/mol. The largest absolute Gasteiger partial charge is 0.347 e. The van der Waals surface area contributed by atoms with E-state index in [2.05, 4.69) is 25.5 Å². The lowest BCUT2D eigenvalue weighted by atomic mass is 10.1. The number of aryl methyl sites for hydroxylation is 2. The molecule has 1 aliphatic heterocycles. The highest BCUT2D eigenvalue weighted by Gasteiger charge is 2.34. The molecule has 1 aliphatic carbocycles. The molecule has 1 atom stereocenters. The van der Waals surface area contributed by atoms with E-state index in [1.54, 1.807) is 23.9 Å². The Morgan fingerprint density at radius 1 is 1.22 bits per heavy atom. The summed E-state index contributed by atoms with van der Waals surface area (Å²) >= 11 is 1.22. The Labute approximate surface area is 208 Å². The number of carbonyl (C=O) groups is 1. The van der Waals surface area contributed by atoms with E-state index in [-0.39, 0.29) is 35.1 Å². The average molecular weight is 514 g/mol. The Kier molecular flexibility index (Phi) is 5.62. The highest BCUT2D eigenvalue weighted by atomic mass is 32.1. The molecule has 186 valence electrons. The van der Waals surface area contributed by atoms with Crippen LogP contribution in [0, 0.1) is 5.82 Å². The van der Waals surface area contributed by atoms with Crippen molar-refractivity contribution in [1.29, 1.82) is 0 Å². The molecule has 8 nitrogen and oxygen atoms in total. The van der Waals surface area contributed by atoms with Crippen LogP contribution < -0.4 is 5.32 Å². The number of benzene rings is 1. The van der Waals surface area contributed by atoms with Gasteiger partial charge in [-0.2, -0.15) is 10.2 Å². The second-order valence-corrected chi connectivity index (χ2v) is 10.2. The number of rotatable bonds is 6. The molecule has 0 radical (unpaired) electrons. The summed E-state index contributed by atoms with van der Waals surface area (Å²) in [5.74, 6) is 0.561. The zero-order valence-corrected chi connectivity index (χ0v) is 20.1. The number of nitrogens with one attached hydrogen (secondary N) is 1. The second-order valence-electron chi connectivity index (χ2n) is 9.12. The summed E-state index contributed by atoms with van der Waals surface area (Å²) in [6.45, 7) is 0.551. The smallest absolute Gasteiger partial charge is 0.281 e. The maximum atomic E-state index is 13.6. The number of nitrogens with zero attached hydrogens (tertiary/aromatic N) is 6. The number of aromatic nitrogens is 6. The van der Waals surface area contributed by atoms with Gasteiger partial charge in [-0.3, -0.25) is 9.48 Å². The predicted octanol–water partition coefficient (Wildman–Crippen LogP) is 4.50. The van der Waals surface area contributed by atoms with Crippen molar-refractivity contribution in [3.8, 4) is 22.0 Å². The van der Waals surface area contributed by atoms with Gasteiger partial charge in [-0.05, 0) is 37.3 Å². The van der Waals surface area contributed by atoms with Crippen LogP contribution >= 0.6 is 11.3 Å². The van der Waals surface area contributed by atoms with Crippen molar-refractivity contribution in [2.24, 2.45) is 7.05 Å². The quantitative estimate of drug-likeness (QED) is 0.410. The Morgan fingerprint density at radius 3 is 2.81 bits per heavy atom. The second kappa shape index (κ2) is 8.84. The van der Waals surface area contributed by atoms with Gasteiger partial charge >= 0.3 is 0 Å². The third-order valence-corrected chi connectivity index (χ3v) is 7.77. The van der Waals surface area contributed by atoms with Crippen molar-refractivity contribution in [2.45, 2.75) is 50.6 Å². The molecule has 1 fully saturated rings. The molecule has 12 heteroatoms. The van der Waals surface area contributed by atoms with Crippen molar-refractivity contribution in [3.63, 3.8) is 0 Å². The van der Waals surface area contributed by atoms with Crippen LogP contribution in [0.3, 0.4) is 0 Å². The lowest BCUT2D eigenvalue weighted by molar-refractivity contribution is 0.0921. The molecule has 0 spiro atoms. The van der Waals surface area contributed by atoms with E-state index in [0.29, 0.717) is 52.0 Å². The van der Waals surface area contributed by atoms with Crippen LogP contribution in [0.5, 0.6) is 0 Å². The van der Waals surface area contributed by atoms with Crippen LogP contribution in [-0.2, 0) is 20.0 Å². The molecule has 1 unspecified atom stereocenters. The van der Waals surface area contributed by atoms with Crippen molar-refractivity contribution in [3.05, 3.63) is 58.4 Å². The molecule has 1 aromatic carbocycles. The highest BCUT2D eigenvalue weighted by molar-refractivity contribution is 7.15. The summed E-state index contributed by atoms with van der Waals surface area (Å²) in [5.41, 5.74) is 1.13. The minimum absolute atomic E-state index is 0.131. The van der Waals surface area contributed by atoms with Gasteiger partial charge in [-0.1, -0.05) is 12.1 Å². The lowest BCUT2D eigenvalue weighted by Crippen LogP contribution is -2.41. The molecule has 0 saturated heterocycles. The standard InChI is InChI=1S/C24H22F3N7OS/c1-33-19(16(11-28-33)24-31-18(21(26)27)20(36-24)12-5-6-12)23(35)29-15-7-8-34-17(10-15)30-22(32-34)13-3-2-4-14(25)9-13/h2-4,9,11-12,15,21H,5-8,10H2,1H3,(H,29,35). The first kappa shape index (κ1) is 22.9. The zero-order chi connectivity index (χ0) is 25.0. The maximum absolute atomic E-state index is 13.6. The SMILES string of the molecule is Cn1ncc(-c2nc(C(F)F)c(C3CC3)s2)c1C(=O)NC1CCn2nc(-c3cccc(F)c3)nc2C1. The van der Waals surface area contributed by atoms with Gasteiger partial charge in [0.1, 0.15) is 28.0 Å². The first-order valence-corrected chi connectivity index (χ1v) is 12.5. The molecule has 3 aromatic heterocycles. The van der Waals surface area contributed by atoms with Gasteiger partial charge in [-0.15, -0.1) is 11.3 Å². The minimum atomic E-state index is -2.66. The number of hydrogen-bond acceptors (Lipinski definition) is 6. The van der Waals surface area contributed by atoms with Crippen LogP contribution in [-0.4, -0.2) is 41.5 Å². The Balaban J connectivity index is 1.22. The summed E-state index contributed by atoms with van der Waals surface area (Å²) < 4.78 is 44.0. The third kappa shape index (κ3) is 4.19. The normalized spacial score (nSPS) is 17.4. The topological polar surface area (TPSA) is 90.5 Å². The average Bonchev–Trinajstić information content (AvgIpc) is 3.26. The highest BCUT2D eigenvalue weighted by Crippen LogP contribution is 2.48. The Morgan fingerprint density at radius 2 is 2.06 bits per heavy atom. The molecule has 1 N–H and O–H groups in total. The predicted molar refractivity (Wildman–Crippen MR) is 126 cm³/mol. The minimum Gasteiger partial charge on any atom is -0.347 e. The number of hydrogen-bond donors (Lipinski definition) is 1. The van der Waals surface area contributed by atoms with Gasteiger partial charge in [0.05, 0.1) is 11.8 Å². The number of fused-ring (bicyclic) bond motifs is 1. The Bertz CT molecular complexity index is 1440. The van der Waals surface area contributed by atoms with Crippen LogP contribution in [0.2, 0.25) is 0 Å². The monoisotopic (exact) mass is 513 g/mol. The third-order valence-electron chi connectivity index (χ3n) is 6.50. The molecule has 4 aromatic rings. The van der Waals surface area contributed by atoms with Gasteiger partial charge in [0.25, 0.3) is 12.3 Å². The van der Waals surface area contributed by atoms with Crippen molar-refractivity contribution in [2.75, 3.05) is 0 Å². The molecule has 2 aliphatic rings. The van der Waals surface area contributed by atoms with E-state index in [4.69, 9.17) is 0 Å². The first-order chi connectivity index (χ1) is 17.4. The summed E-state index contributed by atoms with van der Waals surface area (Å²) in [5, 5.41) is 12.1. The summed E-state index contributed by atoms with van der Waals surface area (Å²) in [6, 6.07) is 5.91. The van der Waals surface area contributed by atoms with Gasteiger partial charge < -0.3 is 5.32 Å². The number of halogens is 3. The number of amides is 1. The number of thiazole rings is 1. The maximum Gasteiger partial charge on any atom is 0.281 e. The van der Waals surface area contributed by atoms with Crippen LogP contribution in [0.1, 0.15) is 58.5 Å². The van der Waals surface area contributed by atoms with Crippen molar-refractivity contribution >= 4 is 17.2 Å². The summed E-state index contributed by atoms with van der Waals surface area (Å²) in [7, 11) is 1.64. The zero-order valence-electron chi connectivity index (χ0n) is 19.3. The molecule has 6 rings (SSSR count). The Hall–Kier alpha value is -3.54. The lowest BCUT2D eigenvalue weighted by Gasteiger charge is -2.23. The van der Waals surface area contributed by atoms with Gasteiger partial charge in [-0.25, -0.2) is 27.8 Å². The van der Waals surface area contributed by atoms with E-state index in [0.717, 1.165) is 12.8 Å². The van der Waals surface area contributed by atoms with E-state index in [1.165, 1.54) is 34.3 Å². The first-order valence-electron chi connectivity index (χ1n) is 11.7. The van der Waals surface area contributed by atoms with E-state index in [1.807, 2.05) is 0 Å². The van der Waals surface area contributed by atoms with Crippen molar-refractivity contribution in [1.82, 2.24) is 34.8 Å². The fraction of sp³-hybridized carbons (Fsp3) is 0.375. The summed E-state index contributed by atoms with van der Waals surface area (Å²) in [6.07, 6.45) is 1.71. The van der Waals surface area contributed by atoms with Gasteiger partial charge in [0.2, 0.25) is 0 Å². The van der Waals surface area contributed by atoms with Gasteiger partial charge in [0, 0.05) is 36.5 Å². The number of carbonyl (C=O) groups excluding carboxylic acids is 1. The fourth-order valence-electron chi connectivity index (χ4n) is 4.55. The van der Waals surface area contributed by atoms with E-state index in [9.17, 15) is 18.0 Å². The van der Waals surface area contributed by atoms with Crippen LogP contribution in [0.15, 0.2) is 30.5 Å². The van der Waals surface area contributed by atoms with Crippen LogP contribution in [0.4, 0.5) is 13.2 Å². The van der Waals surface area contributed by atoms with Crippen molar-refractivity contribution < 1.29 is 18.0 Å². The van der Waals surface area contributed by atoms with E-state index >= 15 is 0 Å². The molecular formula is C24H22F3N7OS. The van der Waals surface area contributed by atoms with Crippen LogP contribution in [0.25, 0.3) is 22.0 Å².